The Bertz CT molecular complexity index is 712. The second-order valence-corrected chi connectivity index (χ2v) is 5.44. The molecule has 0 bridgehead atoms. The van der Waals surface area contributed by atoms with Gasteiger partial charge in [-0.05, 0) is 41.5 Å². The molecule has 0 aromatic heterocycles. The van der Waals surface area contributed by atoms with Crippen molar-refractivity contribution in [3.05, 3.63) is 42.0 Å². The van der Waals surface area contributed by atoms with E-state index in [1.807, 2.05) is 37.3 Å². The number of ether oxygens (including phenoxy) is 1. The number of rotatable bonds is 6. The molecule has 2 aromatic rings. The summed E-state index contributed by atoms with van der Waals surface area (Å²) in [6.45, 7) is 2.66. The van der Waals surface area contributed by atoms with Gasteiger partial charge in [0.05, 0.1) is 13.7 Å². The number of hydrogen-bond acceptors (Lipinski definition) is 3. The van der Waals surface area contributed by atoms with E-state index in [0.29, 0.717) is 12.1 Å². The highest BCUT2D eigenvalue weighted by Crippen LogP contribution is 2.22. The van der Waals surface area contributed by atoms with Crippen molar-refractivity contribution in [1.82, 2.24) is 10.2 Å². The highest BCUT2D eigenvalue weighted by atomic mass is 16.5. The fourth-order valence-electron chi connectivity index (χ4n) is 2.31. The van der Waals surface area contributed by atoms with Crippen LogP contribution in [0.1, 0.15) is 23.7 Å². The summed E-state index contributed by atoms with van der Waals surface area (Å²) in [6.07, 6.45) is 0.873. The van der Waals surface area contributed by atoms with E-state index in [1.165, 1.54) is 4.90 Å². The number of hydrogen-bond donors (Lipinski definition) is 1. The molecule has 0 aliphatic rings. The van der Waals surface area contributed by atoms with Crippen LogP contribution in [0.3, 0.4) is 0 Å². The second kappa shape index (κ2) is 7.63. The number of amides is 2. The maximum absolute atomic E-state index is 12.4. The predicted octanol–water partition coefficient (Wildman–Crippen LogP) is 2.45. The van der Waals surface area contributed by atoms with Crippen LogP contribution >= 0.6 is 0 Å². The largest absolute Gasteiger partial charge is 0.497 e. The lowest BCUT2D eigenvalue weighted by atomic mass is 10.1. The number of likely N-dealkylation sites (N-methyl/N-ethyl adjacent to an activating group) is 1. The van der Waals surface area contributed by atoms with Gasteiger partial charge in [-0.25, -0.2) is 0 Å². The summed E-state index contributed by atoms with van der Waals surface area (Å²) in [5.41, 5.74) is 0.563. The zero-order valence-electron chi connectivity index (χ0n) is 13.8. The monoisotopic (exact) mass is 314 g/mol. The van der Waals surface area contributed by atoms with Gasteiger partial charge in [0.25, 0.3) is 5.91 Å². The van der Waals surface area contributed by atoms with Gasteiger partial charge in [0.2, 0.25) is 5.91 Å². The Hall–Kier alpha value is -2.56. The van der Waals surface area contributed by atoms with Crippen LogP contribution in [-0.2, 0) is 4.79 Å². The van der Waals surface area contributed by atoms with Crippen LogP contribution in [-0.4, -0.2) is 44.0 Å². The Morgan fingerprint density at radius 2 is 1.83 bits per heavy atom. The van der Waals surface area contributed by atoms with Crippen molar-refractivity contribution < 1.29 is 14.3 Å². The molecule has 0 unspecified atom stereocenters. The van der Waals surface area contributed by atoms with Gasteiger partial charge < -0.3 is 15.0 Å². The summed E-state index contributed by atoms with van der Waals surface area (Å²) >= 11 is 0. The molecule has 0 aliphatic heterocycles. The molecule has 0 radical (unpaired) electrons. The zero-order chi connectivity index (χ0) is 16.8. The molecule has 1 N–H and O–H groups in total. The van der Waals surface area contributed by atoms with Gasteiger partial charge in [0.15, 0.2) is 0 Å². The first-order valence-corrected chi connectivity index (χ1v) is 7.65. The fraction of sp³-hybridized carbons (Fsp3) is 0.333. The molecule has 5 nitrogen and oxygen atoms in total. The Morgan fingerprint density at radius 1 is 1.13 bits per heavy atom. The highest BCUT2D eigenvalue weighted by molar-refractivity contribution is 6.00. The van der Waals surface area contributed by atoms with Crippen LogP contribution in [0.15, 0.2) is 36.4 Å². The van der Waals surface area contributed by atoms with Crippen molar-refractivity contribution in [2.75, 3.05) is 27.2 Å². The minimum absolute atomic E-state index is 0.0550. The summed E-state index contributed by atoms with van der Waals surface area (Å²) in [5, 5.41) is 4.73. The molecular formula is C18H22N2O3. The van der Waals surface area contributed by atoms with E-state index in [9.17, 15) is 9.59 Å². The summed E-state index contributed by atoms with van der Waals surface area (Å²) in [5.74, 6) is 0.462. The van der Waals surface area contributed by atoms with Gasteiger partial charge in [-0.3, -0.25) is 9.59 Å². The Kier molecular flexibility index (Phi) is 5.57. The molecule has 0 saturated heterocycles. The minimum atomic E-state index is -0.172. The quantitative estimate of drug-likeness (QED) is 0.891. The average Bonchev–Trinajstić information content (AvgIpc) is 2.58. The van der Waals surface area contributed by atoms with Gasteiger partial charge in [0, 0.05) is 19.2 Å². The average molecular weight is 314 g/mol. The van der Waals surface area contributed by atoms with E-state index < -0.39 is 0 Å². The lowest BCUT2D eigenvalue weighted by molar-refractivity contribution is -0.121. The van der Waals surface area contributed by atoms with E-state index in [1.54, 1.807) is 20.2 Å². The molecule has 122 valence electrons. The van der Waals surface area contributed by atoms with Gasteiger partial charge >= 0.3 is 0 Å². The molecule has 0 heterocycles. The van der Waals surface area contributed by atoms with Crippen molar-refractivity contribution in [2.45, 2.75) is 13.3 Å². The van der Waals surface area contributed by atoms with Crippen molar-refractivity contribution >= 4 is 22.6 Å². The smallest absolute Gasteiger partial charge is 0.254 e. The third-order valence-electron chi connectivity index (χ3n) is 3.59. The molecule has 2 rings (SSSR count). The summed E-state index contributed by atoms with van der Waals surface area (Å²) in [4.78, 5) is 25.6. The van der Waals surface area contributed by atoms with Gasteiger partial charge in [0.1, 0.15) is 5.75 Å². The molecule has 23 heavy (non-hydrogen) atoms. The van der Waals surface area contributed by atoms with Crippen LogP contribution in [0, 0.1) is 0 Å². The molecule has 2 aromatic carbocycles. The van der Waals surface area contributed by atoms with Gasteiger partial charge in [-0.15, -0.1) is 0 Å². The fourth-order valence-corrected chi connectivity index (χ4v) is 2.31. The molecule has 2 amide bonds. The second-order valence-electron chi connectivity index (χ2n) is 5.44. The standard InChI is InChI=1S/C18H22N2O3/c1-4-9-19-17(21)12-20(2)18(22)15-6-5-14-11-16(23-3)8-7-13(14)10-15/h5-8,10-11H,4,9,12H2,1-3H3,(H,19,21). The summed E-state index contributed by atoms with van der Waals surface area (Å²) < 4.78 is 5.19. The Morgan fingerprint density at radius 3 is 2.52 bits per heavy atom. The summed E-state index contributed by atoms with van der Waals surface area (Å²) in [7, 11) is 3.25. The maximum atomic E-state index is 12.4. The molecule has 5 heteroatoms. The van der Waals surface area contributed by atoms with E-state index in [0.717, 1.165) is 22.9 Å². The number of nitrogens with one attached hydrogen (secondary N) is 1. The van der Waals surface area contributed by atoms with Crippen LogP contribution in [0.25, 0.3) is 10.8 Å². The number of carbonyl (C=O) groups is 2. The third kappa shape index (κ3) is 4.22. The first-order valence-electron chi connectivity index (χ1n) is 7.65. The number of benzene rings is 2. The van der Waals surface area contributed by atoms with Crippen LogP contribution < -0.4 is 10.1 Å². The van der Waals surface area contributed by atoms with Crippen molar-refractivity contribution in [3.63, 3.8) is 0 Å². The van der Waals surface area contributed by atoms with E-state index in [2.05, 4.69) is 5.32 Å². The summed E-state index contributed by atoms with van der Waals surface area (Å²) in [6, 6.07) is 11.2. The number of fused-ring (bicyclic) bond motifs is 1. The van der Waals surface area contributed by atoms with Crippen LogP contribution in [0.2, 0.25) is 0 Å². The lowest BCUT2D eigenvalue weighted by Crippen LogP contribution is -2.38. The van der Waals surface area contributed by atoms with Crippen molar-refractivity contribution in [1.29, 1.82) is 0 Å². The van der Waals surface area contributed by atoms with Crippen molar-refractivity contribution in [2.24, 2.45) is 0 Å². The molecule has 0 saturated carbocycles. The van der Waals surface area contributed by atoms with Gasteiger partial charge in [-0.1, -0.05) is 19.1 Å². The normalized spacial score (nSPS) is 10.4. The zero-order valence-corrected chi connectivity index (χ0v) is 13.8. The first kappa shape index (κ1) is 16.8. The highest BCUT2D eigenvalue weighted by Gasteiger charge is 2.15. The molecule has 0 fully saturated rings. The van der Waals surface area contributed by atoms with E-state index >= 15 is 0 Å². The first-order chi connectivity index (χ1) is 11.0. The lowest BCUT2D eigenvalue weighted by Gasteiger charge is -2.17. The number of carbonyl (C=O) groups excluding carboxylic acids is 2. The topological polar surface area (TPSA) is 58.6 Å². The minimum Gasteiger partial charge on any atom is -0.497 e. The third-order valence-corrected chi connectivity index (χ3v) is 3.59. The Labute approximate surface area is 136 Å². The predicted molar refractivity (Wildman–Crippen MR) is 90.8 cm³/mol. The molecule has 0 aliphatic carbocycles. The number of nitrogens with zero attached hydrogens (tertiary/aromatic N) is 1. The maximum Gasteiger partial charge on any atom is 0.254 e. The number of methoxy groups -OCH3 is 1. The van der Waals surface area contributed by atoms with E-state index in [-0.39, 0.29) is 18.4 Å². The van der Waals surface area contributed by atoms with Crippen molar-refractivity contribution in [3.8, 4) is 5.75 Å². The van der Waals surface area contributed by atoms with Gasteiger partial charge in [-0.2, -0.15) is 0 Å². The van der Waals surface area contributed by atoms with E-state index in [4.69, 9.17) is 4.74 Å². The molecule has 0 spiro atoms. The Balaban J connectivity index is 2.12. The molecular weight excluding hydrogens is 292 g/mol. The SMILES string of the molecule is CCCNC(=O)CN(C)C(=O)c1ccc2cc(OC)ccc2c1. The molecule has 0 atom stereocenters. The van der Waals surface area contributed by atoms with Crippen LogP contribution in [0.4, 0.5) is 0 Å². The van der Waals surface area contributed by atoms with Crippen LogP contribution in [0.5, 0.6) is 5.75 Å².